The van der Waals surface area contributed by atoms with Crippen LogP contribution in [-0.2, 0) is 0 Å². The van der Waals surface area contributed by atoms with E-state index in [0.29, 0.717) is 11.4 Å². The summed E-state index contributed by atoms with van der Waals surface area (Å²) < 4.78 is 0.235. The normalized spacial score (nSPS) is 17.0. The Morgan fingerprint density at radius 3 is 2.83 bits per heavy atom. The SMILES string of the molecule is CSC1(CNc2nccc(C)c2[N+](=O)[O-])CCC1. The minimum Gasteiger partial charge on any atom is -0.363 e. The lowest BCUT2D eigenvalue weighted by molar-refractivity contribution is -0.384. The zero-order valence-corrected chi connectivity index (χ0v) is 11.4. The van der Waals surface area contributed by atoms with E-state index in [2.05, 4.69) is 16.6 Å². The van der Waals surface area contributed by atoms with Crippen molar-refractivity contribution in [2.45, 2.75) is 30.9 Å². The highest BCUT2D eigenvalue weighted by molar-refractivity contribution is 8.00. The van der Waals surface area contributed by atoms with Crippen LogP contribution in [0.5, 0.6) is 0 Å². The number of nitro groups is 1. The Morgan fingerprint density at radius 2 is 2.33 bits per heavy atom. The zero-order valence-electron chi connectivity index (χ0n) is 10.6. The van der Waals surface area contributed by atoms with Gasteiger partial charge in [0.05, 0.1) is 4.92 Å². The number of anilines is 1. The Bertz CT molecular complexity index is 455. The predicted molar refractivity (Wildman–Crippen MR) is 74.2 cm³/mol. The van der Waals surface area contributed by atoms with Gasteiger partial charge in [-0.3, -0.25) is 10.1 Å². The van der Waals surface area contributed by atoms with Crippen molar-refractivity contribution in [1.29, 1.82) is 0 Å². The maximum atomic E-state index is 11.0. The van der Waals surface area contributed by atoms with Crippen molar-refractivity contribution in [3.8, 4) is 0 Å². The van der Waals surface area contributed by atoms with Crippen LogP contribution in [0.2, 0.25) is 0 Å². The fraction of sp³-hybridized carbons (Fsp3) is 0.583. The molecule has 98 valence electrons. The molecule has 18 heavy (non-hydrogen) atoms. The van der Waals surface area contributed by atoms with E-state index >= 15 is 0 Å². The first kappa shape index (κ1) is 13.1. The van der Waals surface area contributed by atoms with Gasteiger partial charge in [0.25, 0.3) is 0 Å². The van der Waals surface area contributed by atoms with Gasteiger partial charge in [0.2, 0.25) is 5.82 Å². The Labute approximate surface area is 111 Å². The molecule has 0 spiro atoms. The Morgan fingerprint density at radius 1 is 1.61 bits per heavy atom. The molecule has 1 heterocycles. The van der Waals surface area contributed by atoms with Crippen molar-refractivity contribution < 1.29 is 4.92 Å². The monoisotopic (exact) mass is 267 g/mol. The molecule has 6 heteroatoms. The van der Waals surface area contributed by atoms with E-state index in [4.69, 9.17) is 0 Å². The molecule has 1 saturated carbocycles. The molecule has 0 radical (unpaired) electrons. The predicted octanol–water partition coefficient (Wildman–Crippen LogP) is 3.00. The quantitative estimate of drug-likeness (QED) is 0.656. The molecule has 0 atom stereocenters. The van der Waals surface area contributed by atoms with E-state index in [1.165, 1.54) is 19.3 Å². The molecule has 5 nitrogen and oxygen atoms in total. The van der Waals surface area contributed by atoms with Crippen molar-refractivity contribution in [2.75, 3.05) is 18.1 Å². The van der Waals surface area contributed by atoms with Crippen molar-refractivity contribution in [3.63, 3.8) is 0 Å². The molecule has 0 unspecified atom stereocenters. The Balaban J connectivity index is 2.14. The number of aryl methyl sites for hydroxylation is 1. The van der Waals surface area contributed by atoms with E-state index in [9.17, 15) is 10.1 Å². The van der Waals surface area contributed by atoms with E-state index in [-0.39, 0.29) is 15.4 Å². The minimum atomic E-state index is -0.364. The summed E-state index contributed by atoms with van der Waals surface area (Å²) in [5.74, 6) is 0.389. The molecular weight excluding hydrogens is 250 g/mol. The summed E-state index contributed by atoms with van der Waals surface area (Å²) in [5.41, 5.74) is 0.734. The lowest BCUT2D eigenvalue weighted by Crippen LogP contribution is -2.40. The number of pyridine rings is 1. The average Bonchev–Trinajstić information content (AvgIpc) is 2.27. The van der Waals surface area contributed by atoms with Crippen LogP contribution in [0.25, 0.3) is 0 Å². The van der Waals surface area contributed by atoms with Crippen LogP contribution in [0.1, 0.15) is 24.8 Å². The van der Waals surface area contributed by atoms with Crippen molar-refractivity contribution >= 4 is 23.3 Å². The van der Waals surface area contributed by atoms with Crippen LogP contribution in [0.15, 0.2) is 12.3 Å². The molecule has 1 aromatic heterocycles. The summed E-state index contributed by atoms with van der Waals surface area (Å²) in [6.45, 7) is 2.48. The summed E-state index contributed by atoms with van der Waals surface area (Å²) >= 11 is 1.84. The third-order valence-electron chi connectivity index (χ3n) is 3.58. The molecule has 1 aliphatic rings. The average molecular weight is 267 g/mol. The van der Waals surface area contributed by atoms with E-state index < -0.39 is 0 Å². The lowest BCUT2D eigenvalue weighted by atomic mass is 9.84. The van der Waals surface area contributed by atoms with Crippen LogP contribution in [-0.4, -0.2) is 27.5 Å². The number of nitrogens with zero attached hydrogens (tertiary/aromatic N) is 2. The summed E-state index contributed by atoms with van der Waals surface area (Å²) in [4.78, 5) is 14.8. The van der Waals surface area contributed by atoms with Gasteiger partial charge in [-0.1, -0.05) is 6.42 Å². The molecule has 1 aliphatic carbocycles. The van der Waals surface area contributed by atoms with Crippen molar-refractivity contribution in [2.24, 2.45) is 0 Å². The molecule has 0 aliphatic heterocycles. The molecule has 0 aromatic carbocycles. The highest BCUT2D eigenvalue weighted by atomic mass is 32.2. The first-order valence-corrected chi connectivity index (χ1v) is 7.19. The number of nitrogens with one attached hydrogen (secondary N) is 1. The molecule has 1 fully saturated rings. The number of aromatic nitrogens is 1. The van der Waals surface area contributed by atoms with Gasteiger partial charge in [0, 0.05) is 23.1 Å². The van der Waals surface area contributed by atoms with Gasteiger partial charge in [-0.25, -0.2) is 4.98 Å². The van der Waals surface area contributed by atoms with Crippen LogP contribution in [0.4, 0.5) is 11.5 Å². The highest BCUT2D eigenvalue weighted by Crippen LogP contribution is 2.43. The topological polar surface area (TPSA) is 68.1 Å². The van der Waals surface area contributed by atoms with Crippen LogP contribution >= 0.6 is 11.8 Å². The second-order valence-corrected chi connectivity index (χ2v) is 5.95. The van der Waals surface area contributed by atoms with Crippen LogP contribution in [0.3, 0.4) is 0 Å². The summed E-state index contributed by atoms with van der Waals surface area (Å²) in [7, 11) is 0. The smallest absolute Gasteiger partial charge is 0.314 e. The van der Waals surface area contributed by atoms with E-state index in [1.807, 2.05) is 11.8 Å². The fourth-order valence-corrected chi connectivity index (χ4v) is 3.09. The number of hydrogen-bond donors (Lipinski definition) is 1. The number of hydrogen-bond acceptors (Lipinski definition) is 5. The summed E-state index contributed by atoms with van der Waals surface area (Å²) in [5, 5.41) is 14.2. The molecule has 1 aromatic rings. The maximum Gasteiger partial charge on any atom is 0.314 e. The maximum absolute atomic E-state index is 11.0. The van der Waals surface area contributed by atoms with E-state index in [0.717, 1.165) is 6.54 Å². The number of thioether (sulfide) groups is 1. The standard InChI is InChI=1S/C12H17N3O2S/c1-9-4-7-13-11(10(9)15(16)17)14-8-12(18-2)5-3-6-12/h4,7H,3,5-6,8H2,1-2H3,(H,13,14). The van der Waals surface area contributed by atoms with Crippen LogP contribution < -0.4 is 5.32 Å². The Hall–Kier alpha value is -1.30. The molecule has 0 bridgehead atoms. The molecule has 1 N–H and O–H groups in total. The third kappa shape index (κ3) is 2.43. The molecule has 0 amide bonds. The van der Waals surface area contributed by atoms with Gasteiger partial charge in [-0.05, 0) is 32.1 Å². The summed E-state index contributed by atoms with van der Waals surface area (Å²) in [6, 6.07) is 1.66. The lowest BCUT2D eigenvalue weighted by Gasteiger charge is -2.40. The van der Waals surface area contributed by atoms with Gasteiger partial charge < -0.3 is 5.32 Å². The van der Waals surface area contributed by atoms with Gasteiger partial charge >= 0.3 is 5.69 Å². The van der Waals surface area contributed by atoms with Crippen molar-refractivity contribution in [3.05, 3.63) is 27.9 Å². The van der Waals surface area contributed by atoms with Gasteiger partial charge in [-0.15, -0.1) is 0 Å². The van der Waals surface area contributed by atoms with Gasteiger partial charge in [-0.2, -0.15) is 11.8 Å². The largest absolute Gasteiger partial charge is 0.363 e. The van der Waals surface area contributed by atoms with Gasteiger partial charge in [0.1, 0.15) is 0 Å². The van der Waals surface area contributed by atoms with Crippen LogP contribution in [0, 0.1) is 17.0 Å². The Kier molecular flexibility index (Phi) is 3.75. The zero-order chi connectivity index (χ0) is 13.2. The highest BCUT2D eigenvalue weighted by Gasteiger charge is 2.36. The molecule has 0 saturated heterocycles. The molecular formula is C12H17N3O2S. The first-order chi connectivity index (χ1) is 8.58. The first-order valence-electron chi connectivity index (χ1n) is 5.97. The molecule has 2 rings (SSSR count). The van der Waals surface area contributed by atoms with E-state index in [1.54, 1.807) is 19.2 Å². The second-order valence-electron chi connectivity index (χ2n) is 4.68. The fourth-order valence-electron chi connectivity index (χ4n) is 2.18. The minimum absolute atomic E-state index is 0.0908. The van der Waals surface area contributed by atoms with Crippen molar-refractivity contribution in [1.82, 2.24) is 4.98 Å². The number of rotatable bonds is 5. The van der Waals surface area contributed by atoms with Gasteiger partial charge in [0.15, 0.2) is 0 Å². The second kappa shape index (κ2) is 5.14. The summed E-state index contributed by atoms with van der Waals surface area (Å²) in [6.07, 6.45) is 7.28. The third-order valence-corrected chi connectivity index (χ3v) is 5.00.